The fraction of sp³-hybridized carbons (Fsp3) is 0.349. The molecule has 0 amide bonds. The summed E-state index contributed by atoms with van der Waals surface area (Å²) in [5, 5.41) is 26.2. The summed E-state index contributed by atoms with van der Waals surface area (Å²) in [6, 6.07) is 90.0. The van der Waals surface area contributed by atoms with E-state index in [0.717, 1.165) is 50.1 Å². The quantitative estimate of drug-likeness (QED) is 0.0394. The van der Waals surface area contributed by atoms with Crippen molar-refractivity contribution in [1.82, 2.24) is 0 Å². The Kier molecular flexibility index (Phi) is 26.3. The van der Waals surface area contributed by atoms with E-state index in [-0.39, 0.29) is 72.3 Å². The van der Waals surface area contributed by atoms with Gasteiger partial charge in [-0.05, 0) is 62.9 Å². The van der Waals surface area contributed by atoms with Crippen LogP contribution in [0.25, 0.3) is 0 Å². The van der Waals surface area contributed by atoms with Crippen LogP contribution < -0.4 is 0 Å². The van der Waals surface area contributed by atoms with Crippen LogP contribution in [0.1, 0.15) is 69.3 Å². The molecule has 3 heterocycles. The lowest BCUT2D eigenvalue weighted by molar-refractivity contribution is -0.293. The van der Waals surface area contributed by atoms with E-state index < -0.39 is 91.6 Å². The maximum absolute atomic E-state index is 13.2. The second-order valence-electron chi connectivity index (χ2n) is 25.3. The summed E-state index contributed by atoms with van der Waals surface area (Å²) in [4.78, 5) is 0. The highest BCUT2D eigenvalue weighted by Crippen LogP contribution is 2.40. The zero-order valence-corrected chi connectivity index (χ0v) is 54.8. The Morgan fingerprint density at radius 1 is 0.216 bits per heavy atom. The van der Waals surface area contributed by atoms with Crippen molar-refractivity contribution in [3.8, 4) is 0 Å². The molecular formula is C83H90O14. The fourth-order valence-corrected chi connectivity index (χ4v) is 13.2. The minimum absolute atomic E-state index is 0.124. The molecule has 0 spiro atoms. The molecule has 0 unspecified atom stereocenters. The normalized spacial score (nSPS) is 25.7. The molecule has 9 aromatic carbocycles. The summed E-state index contributed by atoms with van der Waals surface area (Å²) in [7, 11) is 0. The van der Waals surface area contributed by atoms with E-state index >= 15 is 0 Å². The molecule has 15 atom stereocenters. The van der Waals surface area contributed by atoms with Gasteiger partial charge in [0.05, 0.1) is 97.1 Å². The number of benzene rings is 9. The van der Waals surface area contributed by atoms with Crippen LogP contribution in [0.3, 0.4) is 0 Å². The van der Waals surface area contributed by atoms with Gasteiger partial charge in [-0.15, -0.1) is 0 Å². The molecular weight excluding hydrogens is 1220 g/mol. The highest BCUT2D eigenvalue weighted by molar-refractivity contribution is 5.21. The third-order valence-electron chi connectivity index (χ3n) is 18.2. The first-order valence-corrected chi connectivity index (χ1v) is 34.1. The molecule has 506 valence electrons. The molecule has 3 saturated heterocycles. The number of ether oxygens (including phenoxy) is 12. The van der Waals surface area contributed by atoms with Crippen molar-refractivity contribution in [2.45, 2.75) is 170 Å². The Morgan fingerprint density at radius 2 is 0.433 bits per heavy atom. The van der Waals surface area contributed by atoms with Crippen LogP contribution in [0.15, 0.2) is 273 Å². The molecule has 0 bridgehead atoms. The highest BCUT2D eigenvalue weighted by Gasteiger charge is 2.54. The third-order valence-corrected chi connectivity index (χ3v) is 18.2. The van der Waals surface area contributed by atoms with Gasteiger partial charge in [0.2, 0.25) is 0 Å². The maximum atomic E-state index is 13.2. The zero-order valence-electron chi connectivity index (χ0n) is 54.8. The number of aliphatic hydroxyl groups excluding tert-OH is 2. The topological polar surface area (TPSA) is 151 Å². The van der Waals surface area contributed by atoms with Gasteiger partial charge in [0.25, 0.3) is 0 Å². The molecule has 97 heavy (non-hydrogen) atoms. The van der Waals surface area contributed by atoms with E-state index in [1.807, 2.05) is 273 Å². The number of hydrogen-bond acceptors (Lipinski definition) is 14. The smallest absolute Gasteiger partial charge is 0.115 e. The van der Waals surface area contributed by atoms with Crippen LogP contribution >= 0.6 is 0 Å². The lowest BCUT2D eigenvalue weighted by Gasteiger charge is -2.50. The maximum Gasteiger partial charge on any atom is 0.115 e. The van der Waals surface area contributed by atoms with Crippen LogP contribution in [0, 0.1) is 0 Å². The lowest BCUT2D eigenvalue weighted by atomic mass is 9.85. The monoisotopic (exact) mass is 1310 g/mol. The van der Waals surface area contributed by atoms with Gasteiger partial charge in [-0.1, -0.05) is 273 Å². The first-order chi connectivity index (χ1) is 47.9. The van der Waals surface area contributed by atoms with Gasteiger partial charge in [0.1, 0.15) is 67.1 Å². The van der Waals surface area contributed by atoms with Crippen molar-refractivity contribution < 1.29 is 67.1 Å². The van der Waals surface area contributed by atoms with Crippen molar-refractivity contribution in [2.24, 2.45) is 0 Å². The molecule has 9 aromatic rings. The second kappa shape index (κ2) is 36.8. The van der Waals surface area contributed by atoms with E-state index in [1.165, 1.54) is 0 Å². The van der Waals surface area contributed by atoms with Crippen molar-refractivity contribution in [3.05, 3.63) is 323 Å². The van der Waals surface area contributed by atoms with E-state index in [9.17, 15) is 10.2 Å². The van der Waals surface area contributed by atoms with E-state index in [2.05, 4.69) is 0 Å². The molecule has 3 aliphatic heterocycles. The predicted octanol–water partition coefficient (Wildman–Crippen LogP) is 13.7. The minimum Gasteiger partial charge on any atom is -0.388 e. The summed E-state index contributed by atoms with van der Waals surface area (Å²) in [5.74, 6) is 0. The molecule has 14 heteroatoms. The van der Waals surface area contributed by atoms with Crippen molar-refractivity contribution in [2.75, 3.05) is 13.2 Å². The van der Waals surface area contributed by atoms with Crippen LogP contribution in [0.5, 0.6) is 0 Å². The second-order valence-corrected chi connectivity index (χ2v) is 25.3. The Morgan fingerprint density at radius 3 is 0.742 bits per heavy atom. The zero-order chi connectivity index (χ0) is 66.1. The summed E-state index contributed by atoms with van der Waals surface area (Å²) in [5.41, 5.74) is 8.69. The van der Waals surface area contributed by atoms with Crippen LogP contribution in [0.4, 0.5) is 0 Å². The van der Waals surface area contributed by atoms with Crippen molar-refractivity contribution in [3.63, 3.8) is 0 Å². The molecule has 0 aliphatic carbocycles. The molecule has 0 saturated carbocycles. The molecule has 0 aromatic heterocycles. The summed E-state index contributed by atoms with van der Waals surface area (Å²) in [6.45, 7) is 2.52. The van der Waals surface area contributed by atoms with Crippen LogP contribution in [-0.2, 0) is 116 Å². The number of aliphatic hydroxyl groups is 2. The van der Waals surface area contributed by atoms with Gasteiger partial charge in [-0.2, -0.15) is 0 Å². The summed E-state index contributed by atoms with van der Waals surface area (Å²) in [6.07, 6.45) is -11.9. The lowest BCUT2D eigenvalue weighted by Crippen LogP contribution is -2.64. The highest BCUT2D eigenvalue weighted by atomic mass is 16.6. The van der Waals surface area contributed by atoms with Crippen LogP contribution in [-0.4, -0.2) is 115 Å². The molecule has 3 fully saturated rings. The first kappa shape index (κ1) is 69.3. The number of rotatable bonds is 34. The largest absolute Gasteiger partial charge is 0.388 e. The van der Waals surface area contributed by atoms with Gasteiger partial charge in [0, 0.05) is 6.42 Å². The molecule has 3 aliphatic rings. The molecule has 0 radical (unpaired) electrons. The molecule has 2 N–H and O–H groups in total. The van der Waals surface area contributed by atoms with Crippen molar-refractivity contribution in [1.29, 1.82) is 0 Å². The van der Waals surface area contributed by atoms with Crippen LogP contribution in [0.2, 0.25) is 0 Å². The average Bonchev–Trinajstić information content (AvgIpc) is 0.795. The van der Waals surface area contributed by atoms with Gasteiger partial charge >= 0.3 is 0 Å². The van der Waals surface area contributed by atoms with E-state index in [1.54, 1.807) is 0 Å². The Bertz CT molecular complexity index is 3590. The van der Waals surface area contributed by atoms with Gasteiger partial charge in [-0.3, -0.25) is 0 Å². The number of hydrogen-bond donors (Lipinski definition) is 2. The Labute approximate surface area is 570 Å². The minimum atomic E-state index is -1.24. The first-order valence-electron chi connectivity index (χ1n) is 34.1. The van der Waals surface area contributed by atoms with E-state index in [0.29, 0.717) is 19.6 Å². The SMILES string of the molecule is O[C@@H]1[C@@H](OCc2ccccc2)[C@H](OCc2ccccc2)[C@@H](COCc2ccccc2)O[C@H]1CC[C@H]1O[C@H](C[C@@H]2O[C@H](COCc3ccccc3)[C@@H](OCc3ccccc3)[C@H](OCc3ccccc3)[C@H]2O)[C@H](OCc2ccccc2)[C@@H](OCc2ccccc2)[C@@H]1OCc1ccccc1. The van der Waals surface area contributed by atoms with Gasteiger partial charge in [-0.25, -0.2) is 0 Å². The standard InChI is InChI=1S/C83H90O14/c84-75-69(95-73(58-86-49-60-28-10-1-11-29-60)79(90-53-64-36-18-5-19-37-64)81(75)92-55-66-40-22-7-23-41-66)46-47-70-77(88-51-62-32-14-3-15-33-62)83(94-57-68-44-26-9-27-45-68)78(89-52-63-34-16-4-17-35-63)72(96-70)48-71-76(85)82(93-56-67-42-24-8-25-43-67)80(91-54-65-38-20-6-21-39-65)74(97-71)59-87-50-61-30-12-2-13-31-61/h1-45,69-85H,46-59H2/t69-,70+,71-,72+,73+,74+,75-,76-,77+,78-,79+,80+,81+,82+,83-/m0/s1. The van der Waals surface area contributed by atoms with Gasteiger partial charge < -0.3 is 67.1 Å². The Hall–Kier alpha value is -7.58. The average molecular weight is 1310 g/mol. The van der Waals surface area contributed by atoms with Gasteiger partial charge in [0.15, 0.2) is 0 Å². The summed E-state index contributed by atoms with van der Waals surface area (Å²) >= 11 is 0. The molecule has 12 rings (SSSR count). The fourth-order valence-electron chi connectivity index (χ4n) is 13.2. The van der Waals surface area contributed by atoms with E-state index in [4.69, 9.17) is 56.8 Å². The Balaban J connectivity index is 0.899. The summed E-state index contributed by atoms with van der Waals surface area (Å²) < 4.78 is 84.5. The molecule has 14 nitrogen and oxygen atoms in total. The van der Waals surface area contributed by atoms with Crippen molar-refractivity contribution >= 4 is 0 Å². The predicted molar refractivity (Wildman–Crippen MR) is 369 cm³/mol. The third kappa shape index (κ3) is 20.3.